The van der Waals surface area contributed by atoms with Gasteiger partial charge in [-0.25, -0.2) is 4.98 Å². The summed E-state index contributed by atoms with van der Waals surface area (Å²) in [5, 5.41) is 9.83. The minimum atomic E-state index is -4.53. The minimum absolute atomic E-state index is 0.175. The third-order valence-corrected chi connectivity index (χ3v) is 7.16. The Hall–Kier alpha value is -3.01. The Morgan fingerprint density at radius 1 is 1.09 bits per heavy atom. The second-order valence-electron chi connectivity index (χ2n) is 8.44. The predicted octanol–water partition coefficient (Wildman–Crippen LogP) is 4.66. The fourth-order valence-electron chi connectivity index (χ4n) is 4.39. The maximum absolute atomic E-state index is 13.1. The molecule has 9 heteroatoms. The zero-order valence-corrected chi connectivity index (χ0v) is 18.2. The molecule has 1 aliphatic carbocycles. The zero-order chi connectivity index (χ0) is 23.4. The largest absolute Gasteiger partial charge is 0.406 e. The molecule has 2 aromatic heterocycles. The number of fused-ring (bicyclic) bond motifs is 1. The molecule has 5 rings (SSSR count). The third-order valence-electron chi connectivity index (χ3n) is 6.01. The molecular formula is C24H20F3N3O2S. The van der Waals surface area contributed by atoms with E-state index in [-0.39, 0.29) is 5.39 Å². The van der Waals surface area contributed by atoms with Crippen molar-refractivity contribution in [2.75, 3.05) is 0 Å². The van der Waals surface area contributed by atoms with Crippen molar-refractivity contribution in [3.05, 3.63) is 76.8 Å². The van der Waals surface area contributed by atoms with E-state index in [2.05, 4.69) is 4.98 Å². The van der Waals surface area contributed by atoms with Crippen molar-refractivity contribution in [3.63, 3.8) is 0 Å². The van der Waals surface area contributed by atoms with E-state index in [1.54, 1.807) is 0 Å². The average molecular weight is 472 g/mol. The number of alkyl halides is 3. The molecule has 0 aliphatic heterocycles. The minimum Gasteiger partial charge on any atom is -0.393 e. The number of nitrogens with two attached hydrogens (primary N) is 1. The molecule has 1 aliphatic rings. The fraction of sp³-hybridized carbons (Fsp3) is 0.250. The van der Waals surface area contributed by atoms with E-state index in [1.807, 2.05) is 54.6 Å². The first-order valence-corrected chi connectivity index (χ1v) is 11.2. The summed E-state index contributed by atoms with van der Waals surface area (Å²) in [6.07, 6.45) is -2.99. The van der Waals surface area contributed by atoms with Gasteiger partial charge in [-0.05, 0) is 29.5 Å². The highest BCUT2D eigenvalue weighted by Gasteiger charge is 2.41. The molecule has 33 heavy (non-hydrogen) atoms. The van der Waals surface area contributed by atoms with Crippen molar-refractivity contribution >= 4 is 21.6 Å². The molecule has 4 aromatic rings. The van der Waals surface area contributed by atoms with Crippen LogP contribution in [0.25, 0.3) is 31.8 Å². The Kier molecular flexibility index (Phi) is 5.15. The first-order chi connectivity index (χ1) is 15.6. The van der Waals surface area contributed by atoms with Gasteiger partial charge < -0.3 is 10.8 Å². The molecule has 0 radical (unpaired) electrons. The van der Waals surface area contributed by atoms with Gasteiger partial charge in [-0.15, -0.1) is 11.3 Å². The maximum atomic E-state index is 13.1. The maximum Gasteiger partial charge on any atom is 0.406 e. The van der Waals surface area contributed by atoms with Crippen LogP contribution >= 0.6 is 11.3 Å². The van der Waals surface area contributed by atoms with Crippen LogP contribution in [0.3, 0.4) is 0 Å². The standard InChI is InChI=1S/C24H20F3N3O2S/c25-24(26,27)12-30-13-29-21-19(22(30)32)18(14-4-2-1-3-5-14)20(33-21)15-6-8-16(9-7-15)23(28)10-17(31)11-23/h1-9,13,17,31H,10-12,28H2/t17-,23-. The number of hydrogen-bond acceptors (Lipinski definition) is 5. The first-order valence-electron chi connectivity index (χ1n) is 10.4. The molecule has 0 unspecified atom stereocenters. The monoisotopic (exact) mass is 471 g/mol. The summed E-state index contributed by atoms with van der Waals surface area (Å²) in [7, 11) is 0. The van der Waals surface area contributed by atoms with Crippen molar-refractivity contribution < 1.29 is 18.3 Å². The number of aliphatic hydroxyl groups is 1. The lowest BCUT2D eigenvalue weighted by molar-refractivity contribution is -0.141. The second-order valence-corrected chi connectivity index (χ2v) is 9.44. The van der Waals surface area contributed by atoms with Crippen LogP contribution in [-0.4, -0.2) is 26.9 Å². The number of aliphatic hydroxyl groups excluding tert-OH is 1. The summed E-state index contributed by atoms with van der Waals surface area (Å²) in [6, 6.07) is 16.7. The van der Waals surface area contributed by atoms with Crippen molar-refractivity contribution in [1.82, 2.24) is 9.55 Å². The molecule has 1 fully saturated rings. The van der Waals surface area contributed by atoms with E-state index in [0.29, 0.717) is 27.8 Å². The number of thiophene rings is 1. The van der Waals surface area contributed by atoms with E-state index < -0.39 is 29.9 Å². The lowest BCUT2D eigenvalue weighted by Gasteiger charge is -2.42. The molecule has 0 amide bonds. The summed E-state index contributed by atoms with van der Waals surface area (Å²) in [5.41, 5.74) is 8.10. The van der Waals surface area contributed by atoms with Crippen molar-refractivity contribution in [1.29, 1.82) is 0 Å². The van der Waals surface area contributed by atoms with Gasteiger partial charge in [0, 0.05) is 16.0 Å². The summed E-state index contributed by atoms with van der Waals surface area (Å²) in [6.45, 7) is -1.40. The van der Waals surface area contributed by atoms with Crippen LogP contribution in [0.5, 0.6) is 0 Å². The summed E-state index contributed by atoms with van der Waals surface area (Å²) in [4.78, 5) is 18.4. The van der Waals surface area contributed by atoms with E-state index in [0.717, 1.165) is 27.9 Å². The molecule has 3 N–H and O–H groups in total. The van der Waals surface area contributed by atoms with E-state index in [9.17, 15) is 23.1 Å². The molecule has 170 valence electrons. The Labute approximate surface area is 190 Å². The molecular weight excluding hydrogens is 451 g/mol. The van der Waals surface area contributed by atoms with Crippen LogP contribution in [0.15, 0.2) is 65.7 Å². The Morgan fingerprint density at radius 2 is 1.76 bits per heavy atom. The molecule has 2 heterocycles. The van der Waals surface area contributed by atoms with Crippen LogP contribution in [-0.2, 0) is 12.1 Å². The van der Waals surface area contributed by atoms with Gasteiger partial charge in [0.05, 0.1) is 17.8 Å². The van der Waals surface area contributed by atoms with Crippen molar-refractivity contribution in [2.45, 2.75) is 37.2 Å². The molecule has 2 aromatic carbocycles. The zero-order valence-electron chi connectivity index (χ0n) is 17.3. The average Bonchev–Trinajstić information content (AvgIpc) is 3.15. The normalized spacial score (nSPS) is 20.7. The fourth-order valence-corrected chi connectivity index (χ4v) is 5.55. The third kappa shape index (κ3) is 3.96. The highest BCUT2D eigenvalue weighted by atomic mass is 32.1. The van der Waals surface area contributed by atoms with Gasteiger partial charge in [0.2, 0.25) is 0 Å². The highest BCUT2D eigenvalue weighted by Crippen LogP contribution is 2.44. The van der Waals surface area contributed by atoms with Crippen molar-refractivity contribution in [2.24, 2.45) is 5.73 Å². The van der Waals surface area contributed by atoms with E-state index in [4.69, 9.17) is 5.73 Å². The lowest BCUT2D eigenvalue weighted by Crippen LogP contribution is -2.51. The Bertz CT molecular complexity index is 1370. The molecule has 0 saturated heterocycles. The van der Waals surface area contributed by atoms with Gasteiger partial charge >= 0.3 is 6.18 Å². The summed E-state index contributed by atoms with van der Waals surface area (Å²) >= 11 is 1.27. The summed E-state index contributed by atoms with van der Waals surface area (Å²) in [5.74, 6) is 0. The smallest absolute Gasteiger partial charge is 0.393 e. The Morgan fingerprint density at radius 3 is 2.36 bits per heavy atom. The van der Waals surface area contributed by atoms with Gasteiger partial charge in [-0.2, -0.15) is 13.2 Å². The van der Waals surface area contributed by atoms with Gasteiger partial charge in [0.15, 0.2) is 0 Å². The summed E-state index contributed by atoms with van der Waals surface area (Å²) < 4.78 is 39.6. The van der Waals surface area contributed by atoms with Crippen LogP contribution in [0, 0.1) is 0 Å². The number of benzene rings is 2. The van der Waals surface area contributed by atoms with Crippen LogP contribution in [0.4, 0.5) is 13.2 Å². The van der Waals surface area contributed by atoms with Gasteiger partial charge in [0.25, 0.3) is 5.56 Å². The molecule has 0 spiro atoms. The van der Waals surface area contributed by atoms with E-state index in [1.165, 1.54) is 11.3 Å². The van der Waals surface area contributed by atoms with Crippen LogP contribution in [0.1, 0.15) is 18.4 Å². The quantitative estimate of drug-likeness (QED) is 0.454. The number of hydrogen-bond donors (Lipinski definition) is 2. The predicted molar refractivity (Wildman–Crippen MR) is 122 cm³/mol. The molecule has 1 saturated carbocycles. The van der Waals surface area contributed by atoms with Gasteiger partial charge in [-0.3, -0.25) is 9.36 Å². The lowest BCUT2D eigenvalue weighted by atomic mass is 9.70. The second kappa shape index (κ2) is 7.79. The molecule has 0 atom stereocenters. The number of rotatable bonds is 4. The number of nitrogens with zero attached hydrogens (tertiary/aromatic N) is 2. The number of aromatic nitrogens is 2. The first kappa shape index (κ1) is 21.8. The topological polar surface area (TPSA) is 81.1 Å². The Balaban J connectivity index is 1.68. The number of halogens is 3. The van der Waals surface area contributed by atoms with Crippen molar-refractivity contribution in [3.8, 4) is 21.6 Å². The van der Waals surface area contributed by atoms with Gasteiger partial charge in [0.1, 0.15) is 11.4 Å². The molecule has 0 bridgehead atoms. The van der Waals surface area contributed by atoms with Crippen LogP contribution < -0.4 is 11.3 Å². The SMILES string of the molecule is N[C@]1(c2ccc(-c3sc4ncn(CC(F)(F)F)c(=O)c4c3-c3ccccc3)cc2)C[C@@H](O)C1. The van der Waals surface area contributed by atoms with E-state index >= 15 is 0 Å². The van der Waals surface area contributed by atoms with Gasteiger partial charge in [-0.1, -0.05) is 54.6 Å². The highest BCUT2D eigenvalue weighted by molar-refractivity contribution is 7.22. The van der Waals surface area contributed by atoms with Crippen LogP contribution in [0.2, 0.25) is 0 Å². The molecule has 5 nitrogen and oxygen atoms in total.